The summed E-state index contributed by atoms with van der Waals surface area (Å²) in [6, 6.07) is 8.46. The summed E-state index contributed by atoms with van der Waals surface area (Å²) in [6.45, 7) is 3.69. The second-order valence-electron chi connectivity index (χ2n) is 7.76. The van der Waals surface area contributed by atoms with Crippen LogP contribution in [0.25, 0.3) is 21.8 Å². The Morgan fingerprint density at radius 3 is 2.63 bits per heavy atom. The van der Waals surface area contributed by atoms with Crippen molar-refractivity contribution in [2.75, 3.05) is 45.6 Å². The number of halogens is 1. The predicted molar refractivity (Wildman–Crippen MR) is 120 cm³/mol. The summed E-state index contributed by atoms with van der Waals surface area (Å²) in [5, 5.41) is 7.83. The molecule has 0 atom stereocenters. The highest BCUT2D eigenvalue weighted by molar-refractivity contribution is 7.15. The molecule has 2 N–H and O–H groups in total. The van der Waals surface area contributed by atoms with E-state index < -0.39 is 0 Å². The summed E-state index contributed by atoms with van der Waals surface area (Å²) in [7, 11) is 4.07. The van der Waals surface area contributed by atoms with Crippen molar-refractivity contribution in [3.63, 3.8) is 0 Å². The number of nitrogens with one attached hydrogen (secondary N) is 2. The van der Waals surface area contributed by atoms with Gasteiger partial charge in [-0.15, -0.1) is 11.3 Å². The van der Waals surface area contributed by atoms with Gasteiger partial charge in [0.2, 0.25) is 5.95 Å². The fourth-order valence-electron chi connectivity index (χ4n) is 3.52. The zero-order valence-electron chi connectivity index (χ0n) is 17.4. The van der Waals surface area contributed by atoms with Gasteiger partial charge in [-0.3, -0.25) is 0 Å². The Kier molecular flexibility index (Phi) is 6.66. The quantitative estimate of drug-likeness (QED) is 0.598. The number of piperidine rings is 1. The van der Waals surface area contributed by atoms with E-state index in [1.165, 1.54) is 12.1 Å². The van der Waals surface area contributed by atoms with Crippen LogP contribution < -0.4 is 10.6 Å². The Labute approximate surface area is 180 Å². The zero-order valence-corrected chi connectivity index (χ0v) is 18.2. The number of benzene rings is 1. The summed E-state index contributed by atoms with van der Waals surface area (Å²) in [6.07, 6.45) is 3.94. The molecule has 0 aliphatic carbocycles. The normalized spacial score (nSPS) is 14.9. The molecule has 0 unspecified atom stereocenters. The number of nitrogens with zero attached hydrogens (tertiary/aromatic N) is 4. The van der Waals surface area contributed by atoms with Gasteiger partial charge in [0.05, 0.1) is 21.3 Å². The zero-order chi connectivity index (χ0) is 20.9. The van der Waals surface area contributed by atoms with E-state index in [2.05, 4.69) is 20.5 Å². The van der Waals surface area contributed by atoms with Gasteiger partial charge in [-0.25, -0.2) is 19.3 Å². The van der Waals surface area contributed by atoms with Crippen molar-refractivity contribution in [2.24, 2.45) is 0 Å². The molecule has 1 saturated heterocycles. The molecule has 0 amide bonds. The highest BCUT2D eigenvalue weighted by Gasteiger charge is 2.23. The van der Waals surface area contributed by atoms with Crippen LogP contribution in [-0.2, 0) is 0 Å². The molecular formula is C22H27FN6S. The number of anilines is 1. The Morgan fingerprint density at radius 2 is 1.90 bits per heavy atom. The molecule has 1 aliphatic heterocycles. The summed E-state index contributed by atoms with van der Waals surface area (Å²) in [5.41, 5.74) is 2.62. The first-order valence-electron chi connectivity index (χ1n) is 10.3. The SMILES string of the molecule is CN(C)CCNc1nccc(-c2sc(C3CCNCC3)nc2-c2ccc(F)cc2)n1. The highest BCUT2D eigenvalue weighted by Crippen LogP contribution is 2.40. The van der Waals surface area contributed by atoms with E-state index in [4.69, 9.17) is 9.97 Å². The Balaban J connectivity index is 1.68. The van der Waals surface area contributed by atoms with Gasteiger partial charge < -0.3 is 15.5 Å². The molecule has 3 aromatic rings. The topological polar surface area (TPSA) is 66.0 Å². The average Bonchev–Trinajstić information content (AvgIpc) is 3.20. The van der Waals surface area contributed by atoms with Gasteiger partial charge in [0.15, 0.2) is 0 Å². The van der Waals surface area contributed by atoms with Crippen LogP contribution in [0.5, 0.6) is 0 Å². The summed E-state index contributed by atoms with van der Waals surface area (Å²) in [4.78, 5) is 17.2. The first-order chi connectivity index (χ1) is 14.6. The Morgan fingerprint density at radius 1 is 1.13 bits per heavy atom. The molecule has 0 saturated carbocycles. The lowest BCUT2D eigenvalue weighted by Crippen LogP contribution is -2.26. The second-order valence-corrected chi connectivity index (χ2v) is 8.79. The number of hydrogen-bond donors (Lipinski definition) is 2. The third-order valence-corrected chi connectivity index (χ3v) is 6.42. The first kappa shape index (κ1) is 20.8. The molecule has 0 bridgehead atoms. The van der Waals surface area contributed by atoms with Gasteiger partial charge in [0.1, 0.15) is 5.82 Å². The van der Waals surface area contributed by atoms with Crippen molar-refractivity contribution in [3.05, 3.63) is 47.4 Å². The van der Waals surface area contributed by atoms with Crippen molar-refractivity contribution in [2.45, 2.75) is 18.8 Å². The van der Waals surface area contributed by atoms with E-state index in [9.17, 15) is 4.39 Å². The first-order valence-corrected chi connectivity index (χ1v) is 11.1. The van der Waals surface area contributed by atoms with Crippen molar-refractivity contribution in [1.29, 1.82) is 0 Å². The van der Waals surface area contributed by atoms with Crippen LogP contribution in [-0.4, -0.2) is 60.1 Å². The van der Waals surface area contributed by atoms with Crippen molar-refractivity contribution in [3.8, 4) is 21.8 Å². The van der Waals surface area contributed by atoms with Gasteiger partial charge in [-0.1, -0.05) is 0 Å². The van der Waals surface area contributed by atoms with Crippen LogP contribution in [0, 0.1) is 5.82 Å². The number of aromatic nitrogens is 3. The van der Waals surface area contributed by atoms with Gasteiger partial charge in [0.25, 0.3) is 0 Å². The molecule has 8 heteroatoms. The van der Waals surface area contributed by atoms with Gasteiger partial charge >= 0.3 is 0 Å². The molecule has 158 valence electrons. The van der Waals surface area contributed by atoms with Crippen molar-refractivity contribution < 1.29 is 4.39 Å². The van der Waals surface area contributed by atoms with Crippen molar-refractivity contribution in [1.82, 2.24) is 25.2 Å². The molecule has 30 heavy (non-hydrogen) atoms. The third kappa shape index (κ3) is 5.00. The van der Waals surface area contributed by atoms with Gasteiger partial charge in [0, 0.05) is 30.8 Å². The molecule has 0 spiro atoms. The molecule has 3 heterocycles. The third-order valence-electron chi connectivity index (χ3n) is 5.18. The van der Waals surface area contributed by atoms with E-state index in [0.29, 0.717) is 11.9 Å². The monoisotopic (exact) mass is 426 g/mol. The Hall–Kier alpha value is -2.42. The standard InChI is InChI=1S/C22H27FN6S/c1-29(2)14-13-26-22-25-12-9-18(27-22)20-19(15-3-5-17(23)6-4-15)28-21(30-20)16-7-10-24-11-8-16/h3-6,9,12,16,24H,7-8,10-11,13-14H2,1-2H3,(H,25,26,27). The number of thiazole rings is 1. The molecule has 4 rings (SSSR count). The van der Waals surface area contributed by atoms with E-state index in [-0.39, 0.29) is 5.82 Å². The van der Waals surface area contributed by atoms with E-state index in [1.807, 2.05) is 20.2 Å². The minimum absolute atomic E-state index is 0.247. The smallest absolute Gasteiger partial charge is 0.223 e. The lowest BCUT2D eigenvalue weighted by molar-refractivity contribution is 0.425. The lowest BCUT2D eigenvalue weighted by atomic mass is 9.99. The fraction of sp³-hybridized carbons (Fsp3) is 0.409. The highest BCUT2D eigenvalue weighted by atomic mass is 32.1. The van der Waals surface area contributed by atoms with E-state index in [1.54, 1.807) is 29.7 Å². The van der Waals surface area contributed by atoms with Crippen LogP contribution >= 0.6 is 11.3 Å². The molecule has 1 aliphatic rings. The van der Waals surface area contributed by atoms with Crippen LogP contribution in [0.1, 0.15) is 23.8 Å². The summed E-state index contributed by atoms with van der Waals surface area (Å²) in [5.74, 6) is 0.809. The van der Waals surface area contributed by atoms with Crippen LogP contribution in [0.15, 0.2) is 36.5 Å². The molecular weight excluding hydrogens is 399 g/mol. The molecule has 2 aromatic heterocycles. The predicted octanol–water partition coefficient (Wildman–Crippen LogP) is 3.85. The summed E-state index contributed by atoms with van der Waals surface area (Å²) < 4.78 is 13.5. The van der Waals surface area contributed by atoms with E-state index >= 15 is 0 Å². The van der Waals surface area contributed by atoms with E-state index in [0.717, 1.165) is 65.9 Å². The summed E-state index contributed by atoms with van der Waals surface area (Å²) >= 11 is 1.70. The number of hydrogen-bond acceptors (Lipinski definition) is 7. The molecule has 6 nitrogen and oxygen atoms in total. The maximum absolute atomic E-state index is 13.5. The fourth-order valence-corrected chi connectivity index (χ4v) is 4.75. The number of likely N-dealkylation sites (N-methyl/N-ethyl adjacent to an activating group) is 1. The maximum Gasteiger partial charge on any atom is 0.223 e. The van der Waals surface area contributed by atoms with Gasteiger partial charge in [-0.2, -0.15) is 0 Å². The van der Waals surface area contributed by atoms with Gasteiger partial charge in [-0.05, 0) is 70.4 Å². The molecule has 1 fully saturated rings. The van der Waals surface area contributed by atoms with Crippen molar-refractivity contribution >= 4 is 17.3 Å². The molecule has 1 aromatic carbocycles. The Bertz CT molecular complexity index is 966. The minimum Gasteiger partial charge on any atom is -0.353 e. The maximum atomic E-state index is 13.5. The average molecular weight is 427 g/mol. The lowest BCUT2D eigenvalue weighted by Gasteiger charge is -2.20. The van der Waals surface area contributed by atoms with Crippen LogP contribution in [0.3, 0.4) is 0 Å². The van der Waals surface area contributed by atoms with Crippen LogP contribution in [0.2, 0.25) is 0 Å². The molecule has 0 radical (unpaired) electrons. The largest absolute Gasteiger partial charge is 0.353 e. The number of rotatable bonds is 7. The second kappa shape index (κ2) is 9.59. The van der Waals surface area contributed by atoms with Crippen LogP contribution in [0.4, 0.5) is 10.3 Å². The minimum atomic E-state index is -0.247.